The Balaban J connectivity index is 2.11. The number of benzene rings is 1. The van der Waals surface area contributed by atoms with E-state index >= 15 is 0 Å². The summed E-state index contributed by atoms with van der Waals surface area (Å²) in [4.78, 5) is 10.7. The van der Waals surface area contributed by atoms with Gasteiger partial charge < -0.3 is 9.47 Å². The average molecular weight is 291 g/mol. The summed E-state index contributed by atoms with van der Waals surface area (Å²) in [6.45, 7) is 4.06. The Morgan fingerprint density at radius 2 is 1.91 bits per heavy atom. The zero-order valence-corrected chi connectivity index (χ0v) is 13.1. The third kappa shape index (κ3) is 2.19. The number of pyridine rings is 1. The molecule has 3 aromatic rings. The number of nitriles is 1. The van der Waals surface area contributed by atoms with Gasteiger partial charge in [-0.1, -0.05) is 0 Å². The minimum Gasteiger partial charge on any atom is -0.343 e. The number of rotatable bonds is 2. The third-order valence-electron chi connectivity index (χ3n) is 3.95. The molecule has 0 N–H and O–H groups in total. The van der Waals surface area contributed by atoms with Crippen LogP contribution in [0.25, 0.3) is 11.0 Å². The summed E-state index contributed by atoms with van der Waals surface area (Å²) in [5.74, 6) is 0. The monoisotopic (exact) mass is 291 g/mol. The van der Waals surface area contributed by atoms with Gasteiger partial charge in [0.15, 0.2) is 0 Å². The van der Waals surface area contributed by atoms with E-state index in [2.05, 4.69) is 40.0 Å². The van der Waals surface area contributed by atoms with Gasteiger partial charge in [-0.2, -0.15) is 5.26 Å². The second-order valence-corrected chi connectivity index (χ2v) is 5.51. The molecule has 110 valence electrons. The molecule has 1 aromatic carbocycles. The van der Waals surface area contributed by atoms with Gasteiger partial charge >= 0.3 is 0 Å². The summed E-state index contributed by atoms with van der Waals surface area (Å²) in [5.41, 5.74) is 6.78. The summed E-state index contributed by atoms with van der Waals surface area (Å²) in [7, 11) is 4.00. The van der Waals surface area contributed by atoms with Crippen LogP contribution in [0.15, 0.2) is 30.7 Å². The predicted molar refractivity (Wildman–Crippen MR) is 87.2 cm³/mol. The lowest BCUT2D eigenvalue weighted by Gasteiger charge is -2.22. The number of hydrogen-bond acceptors (Lipinski definition) is 4. The standard InChI is InChI=1S/C17H17N5/c1-11-5-13(8-18)19-9-16(11)22(4)14-6-12(2)17-15(7-14)21(3)10-20-17/h5-7,9-10H,1-4H3. The summed E-state index contributed by atoms with van der Waals surface area (Å²) in [6, 6.07) is 8.11. The van der Waals surface area contributed by atoms with E-state index in [1.54, 1.807) is 12.3 Å². The summed E-state index contributed by atoms with van der Waals surface area (Å²) < 4.78 is 2.02. The molecule has 0 bridgehead atoms. The highest BCUT2D eigenvalue weighted by Gasteiger charge is 2.12. The van der Waals surface area contributed by atoms with E-state index in [1.165, 1.54) is 0 Å². The molecule has 3 rings (SSSR count). The lowest BCUT2D eigenvalue weighted by molar-refractivity contribution is 0.947. The van der Waals surface area contributed by atoms with Gasteiger partial charge in [-0.3, -0.25) is 0 Å². The Hall–Kier alpha value is -2.87. The van der Waals surface area contributed by atoms with Crippen molar-refractivity contribution in [2.45, 2.75) is 13.8 Å². The molecule has 0 aliphatic heterocycles. The first-order valence-corrected chi connectivity index (χ1v) is 7.03. The normalized spacial score (nSPS) is 10.7. The van der Waals surface area contributed by atoms with Gasteiger partial charge in [0.2, 0.25) is 0 Å². The minimum absolute atomic E-state index is 0.438. The molecule has 0 aliphatic carbocycles. The maximum atomic E-state index is 8.93. The van der Waals surface area contributed by atoms with Crippen molar-refractivity contribution in [1.82, 2.24) is 14.5 Å². The molecule has 0 radical (unpaired) electrons. The molecule has 5 nitrogen and oxygen atoms in total. The number of aromatic nitrogens is 3. The first-order valence-electron chi connectivity index (χ1n) is 7.03. The van der Waals surface area contributed by atoms with Crippen molar-refractivity contribution in [3.05, 3.63) is 47.5 Å². The Morgan fingerprint density at radius 1 is 1.14 bits per heavy atom. The van der Waals surface area contributed by atoms with Crippen molar-refractivity contribution >= 4 is 22.4 Å². The van der Waals surface area contributed by atoms with E-state index in [4.69, 9.17) is 5.26 Å². The minimum atomic E-state index is 0.438. The number of nitrogens with zero attached hydrogens (tertiary/aromatic N) is 5. The van der Waals surface area contributed by atoms with E-state index in [-0.39, 0.29) is 0 Å². The molecule has 5 heteroatoms. The molecule has 0 fully saturated rings. The van der Waals surface area contributed by atoms with Crippen molar-refractivity contribution < 1.29 is 0 Å². The van der Waals surface area contributed by atoms with Crippen LogP contribution in [0, 0.1) is 25.2 Å². The topological polar surface area (TPSA) is 57.7 Å². The van der Waals surface area contributed by atoms with Gasteiger partial charge in [-0.25, -0.2) is 9.97 Å². The molecular weight excluding hydrogens is 274 g/mol. The van der Waals surface area contributed by atoms with Crippen LogP contribution in [0.3, 0.4) is 0 Å². The maximum Gasteiger partial charge on any atom is 0.140 e. The molecule has 2 aromatic heterocycles. The van der Waals surface area contributed by atoms with Crippen molar-refractivity contribution in [3.63, 3.8) is 0 Å². The molecule has 22 heavy (non-hydrogen) atoms. The van der Waals surface area contributed by atoms with Gasteiger partial charge in [0.05, 0.1) is 29.2 Å². The second kappa shape index (κ2) is 5.15. The second-order valence-electron chi connectivity index (χ2n) is 5.51. The fourth-order valence-corrected chi connectivity index (χ4v) is 2.68. The van der Waals surface area contributed by atoms with E-state index in [0.717, 1.165) is 33.5 Å². The SMILES string of the molecule is Cc1cc(C#N)ncc1N(C)c1cc(C)c2ncn(C)c2c1. The lowest BCUT2D eigenvalue weighted by Crippen LogP contribution is -2.12. The predicted octanol–water partition coefficient (Wildman–Crippen LogP) is 3.22. The van der Waals surface area contributed by atoms with Crippen LogP contribution in [0.1, 0.15) is 16.8 Å². The van der Waals surface area contributed by atoms with Crippen LogP contribution in [-0.4, -0.2) is 21.6 Å². The lowest BCUT2D eigenvalue weighted by atomic mass is 10.1. The van der Waals surface area contributed by atoms with Crippen LogP contribution < -0.4 is 4.90 Å². The van der Waals surface area contributed by atoms with E-state index in [0.29, 0.717) is 5.69 Å². The Labute approximate surface area is 129 Å². The van der Waals surface area contributed by atoms with E-state index < -0.39 is 0 Å². The quantitative estimate of drug-likeness (QED) is 0.727. The van der Waals surface area contributed by atoms with Crippen LogP contribution in [-0.2, 0) is 7.05 Å². The van der Waals surface area contributed by atoms with Crippen molar-refractivity contribution in [2.24, 2.45) is 7.05 Å². The highest BCUT2D eigenvalue weighted by atomic mass is 15.1. The Kier molecular flexibility index (Phi) is 3.30. The summed E-state index contributed by atoms with van der Waals surface area (Å²) >= 11 is 0. The molecule has 0 spiro atoms. The number of imidazole rings is 1. The highest BCUT2D eigenvalue weighted by Crippen LogP contribution is 2.30. The first-order chi connectivity index (χ1) is 10.5. The smallest absolute Gasteiger partial charge is 0.140 e. The van der Waals surface area contributed by atoms with E-state index in [9.17, 15) is 0 Å². The molecule has 2 heterocycles. The van der Waals surface area contributed by atoms with Crippen molar-refractivity contribution in [2.75, 3.05) is 11.9 Å². The molecule has 0 unspecified atom stereocenters. The molecule has 0 saturated carbocycles. The van der Waals surface area contributed by atoms with Gasteiger partial charge in [0.1, 0.15) is 11.8 Å². The highest BCUT2D eigenvalue weighted by molar-refractivity contribution is 5.84. The summed E-state index contributed by atoms with van der Waals surface area (Å²) in [5, 5.41) is 8.93. The Bertz CT molecular complexity index is 901. The zero-order valence-electron chi connectivity index (χ0n) is 13.1. The van der Waals surface area contributed by atoms with Gasteiger partial charge in [0, 0.05) is 19.8 Å². The number of hydrogen-bond donors (Lipinski definition) is 0. The van der Waals surface area contributed by atoms with Gasteiger partial charge in [-0.05, 0) is 43.2 Å². The van der Waals surface area contributed by atoms with Crippen LogP contribution >= 0.6 is 0 Å². The fraction of sp³-hybridized carbons (Fsp3) is 0.235. The maximum absolute atomic E-state index is 8.93. The zero-order chi connectivity index (χ0) is 15.9. The Morgan fingerprint density at radius 3 is 2.59 bits per heavy atom. The van der Waals surface area contributed by atoms with Crippen molar-refractivity contribution in [1.29, 1.82) is 5.26 Å². The molecule has 0 aliphatic rings. The van der Waals surface area contributed by atoms with Gasteiger partial charge in [0.25, 0.3) is 0 Å². The van der Waals surface area contributed by atoms with E-state index in [1.807, 2.05) is 31.9 Å². The third-order valence-corrected chi connectivity index (χ3v) is 3.95. The number of aryl methyl sites for hydroxylation is 3. The average Bonchev–Trinajstić information content (AvgIpc) is 2.88. The number of fused-ring (bicyclic) bond motifs is 1. The number of anilines is 2. The van der Waals surface area contributed by atoms with Crippen molar-refractivity contribution in [3.8, 4) is 6.07 Å². The molecular formula is C17H17N5. The molecule has 0 saturated heterocycles. The largest absolute Gasteiger partial charge is 0.343 e. The van der Waals surface area contributed by atoms with Crippen LogP contribution in [0.2, 0.25) is 0 Å². The molecule has 0 atom stereocenters. The fourth-order valence-electron chi connectivity index (χ4n) is 2.68. The molecule has 0 amide bonds. The summed E-state index contributed by atoms with van der Waals surface area (Å²) in [6.07, 6.45) is 3.58. The van der Waals surface area contributed by atoms with Crippen LogP contribution in [0.4, 0.5) is 11.4 Å². The van der Waals surface area contributed by atoms with Gasteiger partial charge in [-0.15, -0.1) is 0 Å². The first kappa shape index (κ1) is 14.1. The van der Waals surface area contributed by atoms with Crippen LogP contribution in [0.5, 0.6) is 0 Å².